The predicted molar refractivity (Wildman–Crippen MR) is 93.2 cm³/mol. The molecule has 0 heterocycles. The van der Waals surface area contributed by atoms with Crippen LogP contribution in [0, 0.1) is 0 Å². The van der Waals surface area contributed by atoms with E-state index >= 15 is 0 Å². The molecule has 2 aromatic carbocycles. The number of Topliss-reactive ketones (excluding diaryl/α,β-unsaturated/α-hetero) is 1. The Morgan fingerprint density at radius 2 is 1.61 bits per heavy atom. The molecule has 1 N–H and O–H groups in total. The van der Waals surface area contributed by atoms with Gasteiger partial charge in [0.15, 0.2) is 0 Å². The van der Waals surface area contributed by atoms with Crippen LogP contribution < -0.4 is 5.23 Å². The smallest absolute Gasteiger partial charge is 0.375 e. The van der Waals surface area contributed by atoms with Gasteiger partial charge in [0.2, 0.25) is 7.13 Å². The summed E-state index contributed by atoms with van der Waals surface area (Å²) in [6.07, 6.45) is 0. The predicted octanol–water partition coefficient (Wildman–Crippen LogP) is 1.91. The molecule has 1 aliphatic rings. The van der Waals surface area contributed by atoms with Crippen LogP contribution >= 0.6 is 9.12 Å². The second-order valence-corrected chi connectivity index (χ2v) is 5.63. The van der Waals surface area contributed by atoms with Gasteiger partial charge in [0.1, 0.15) is 6.61 Å². The molecule has 0 aliphatic heterocycles. The van der Waals surface area contributed by atoms with Crippen molar-refractivity contribution in [1.29, 1.82) is 0 Å². The Morgan fingerprint density at radius 1 is 1.04 bits per heavy atom. The molecule has 0 spiro atoms. The van der Waals surface area contributed by atoms with Gasteiger partial charge >= 0.3 is 5.97 Å². The summed E-state index contributed by atoms with van der Waals surface area (Å²) in [7, 11) is 3.85. The summed E-state index contributed by atoms with van der Waals surface area (Å²) in [5.74, 6) is -1.41. The van der Waals surface area contributed by atoms with E-state index < -0.39 is 11.8 Å². The van der Waals surface area contributed by atoms with Crippen molar-refractivity contribution >= 4 is 28.0 Å². The van der Waals surface area contributed by atoms with E-state index in [1.807, 2.05) is 36.4 Å². The highest BCUT2D eigenvalue weighted by atomic mass is 31.0. The monoisotopic (exact) mass is 324 g/mol. The molecule has 3 rings (SSSR count). The molecule has 0 bridgehead atoms. The molecule has 1 atom stereocenters. The van der Waals surface area contributed by atoms with E-state index in [9.17, 15) is 9.59 Å². The standard InChI is InChI=1S/C17H16BNO3P/c20-16(9-19-18-23)17(21)22-10-15-13-7-3-1-5-11(13)12-6-2-4-8-14(12)15/h1-8,15,19H,9-10,23H2. The number of ether oxygens (including phenoxy) is 1. The molecule has 1 aliphatic carbocycles. The molecule has 0 amide bonds. The van der Waals surface area contributed by atoms with Gasteiger partial charge in [0.25, 0.3) is 5.78 Å². The zero-order chi connectivity index (χ0) is 16.2. The van der Waals surface area contributed by atoms with Crippen molar-refractivity contribution in [2.75, 3.05) is 13.2 Å². The maximum atomic E-state index is 11.8. The van der Waals surface area contributed by atoms with E-state index in [4.69, 9.17) is 4.74 Å². The van der Waals surface area contributed by atoms with Gasteiger partial charge in [-0.3, -0.25) is 4.79 Å². The van der Waals surface area contributed by atoms with Gasteiger partial charge in [0.05, 0.1) is 6.54 Å². The minimum Gasteiger partial charge on any atom is -0.459 e. The maximum absolute atomic E-state index is 11.8. The molecule has 0 fully saturated rings. The van der Waals surface area contributed by atoms with Gasteiger partial charge in [-0.05, 0) is 22.3 Å². The molecular weight excluding hydrogens is 308 g/mol. The van der Waals surface area contributed by atoms with Gasteiger partial charge in [0, 0.05) is 5.92 Å². The van der Waals surface area contributed by atoms with E-state index in [1.54, 1.807) is 0 Å². The van der Waals surface area contributed by atoms with Gasteiger partial charge in [-0.2, -0.15) is 9.12 Å². The number of rotatable bonds is 6. The Hall–Kier alpha value is -1.97. The van der Waals surface area contributed by atoms with Crippen molar-refractivity contribution < 1.29 is 14.3 Å². The van der Waals surface area contributed by atoms with Crippen LogP contribution in [0.1, 0.15) is 17.0 Å². The molecule has 1 radical (unpaired) electrons. The summed E-state index contributed by atoms with van der Waals surface area (Å²) in [5, 5.41) is 2.68. The van der Waals surface area contributed by atoms with Crippen LogP contribution in [0.4, 0.5) is 0 Å². The van der Waals surface area contributed by atoms with Gasteiger partial charge in [-0.1, -0.05) is 48.5 Å². The minimum atomic E-state index is -0.800. The molecule has 0 saturated heterocycles. The van der Waals surface area contributed by atoms with E-state index in [1.165, 1.54) is 7.13 Å². The van der Waals surface area contributed by atoms with Crippen molar-refractivity contribution in [3.05, 3.63) is 59.7 Å². The highest BCUT2D eigenvalue weighted by Gasteiger charge is 2.29. The molecule has 115 valence electrons. The first-order valence-electron chi connectivity index (χ1n) is 7.37. The Morgan fingerprint density at radius 3 is 2.17 bits per heavy atom. The number of hydrogen-bond donors (Lipinski definition) is 1. The maximum Gasteiger partial charge on any atom is 0.375 e. The average molecular weight is 324 g/mol. The average Bonchev–Trinajstić information content (AvgIpc) is 2.91. The normalized spacial score (nSPS) is 12.4. The summed E-state index contributed by atoms with van der Waals surface area (Å²) < 4.78 is 5.25. The van der Waals surface area contributed by atoms with Crippen LogP contribution in [-0.4, -0.2) is 32.0 Å². The molecule has 0 saturated carbocycles. The van der Waals surface area contributed by atoms with Gasteiger partial charge < -0.3 is 9.96 Å². The highest BCUT2D eigenvalue weighted by molar-refractivity contribution is 7.55. The van der Waals surface area contributed by atoms with Crippen LogP contribution in [0.3, 0.4) is 0 Å². The number of carbonyl (C=O) groups excluding carboxylic acids is 2. The third-order valence-corrected chi connectivity index (χ3v) is 4.19. The fourth-order valence-electron chi connectivity index (χ4n) is 2.90. The number of benzene rings is 2. The number of carbonyl (C=O) groups is 2. The molecule has 0 aromatic heterocycles. The lowest BCUT2D eigenvalue weighted by atomic mass is 9.98. The zero-order valence-corrected chi connectivity index (χ0v) is 13.6. The van der Waals surface area contributed by atoms with E-state index in [0.29, 0.717) is 0 Å². The lowest BCUT2D eigenvalue weighted by Gasteiger charge is -2.13. The number of esters is 1. The topological polar surface area (TPSA) is 55.4 Å². The Labute approximate surface area is 138 Å². The molecule has 6 heteroatoms. The second kappa shape index (κ2) is 7.07. The Kier molecular flexibility index (Phi) is 4.89. The van der Waals surface area contributed by atoms with Gasteiger partial charge in [-0.25, -0.2) is 4.79 Å². The number of hydrogen-bond acceptors (Lipinski definition) is 4. The quantitative estimate of drug-likeness (QED) is 0.382. The van der Waals surface area contributed by atoms with E-state index in [0.717, 1.165) is 22.3 Å². The fourth-order valence-corrected chi connectivity index (χ4v) is 3.02. The molecule has 2 aromatic rings. The number of ketones is 1. The number of fused-ring (bicyclic) bond motifs is 3. The third kappa shape index (κ3) is 3.21. The van der Waals surface area contributed by atoms with Crippen LogP contribution in [0.2, 0.25) is 0 Å². The first-order valence-corrected chi connectivity index (χ1v) is 8.04. The van der Waals surface area contributed by atoms with Crippen molar-refractivity contribution in [3.63, 3.8) is 0 Å². The van der Waals surface area contributed by atoms with Crippen molar-refractivity contribution in [3.8, 4) is 11.1 Å². The van der Waals surface area contributed by atoms with Crippen LogP contribution in [0.25, 0.3) is 11.1 Å². The lowest BCUT2D eigenvalue weighted by molar-refractivity contribution is -0.153. The van der Waals surface area contributed by atoms with Crippen molar-refractivity contribution in [2.24, 2.45) is 0 Å². The third-order valence-electron chi connectivity index (χ3n) is 3.95. The first kappa shape index (κ1) is 15.9. The highest BCUT2D eigenvalue weighted by Crippen LogP contribution is 2.44. The summed E-state index contributed by atoms with van der Waals surface area (Å²) in [5.41, 5.74) is 4.58. The minimum absolute atomic E-state index is 0.0274. The number of nitrogens with one attached hydrogen (secondary N) is 1. The van der Waals surface area contributed by atoms with Gasteiger partial charge in [-0.15, -0.1) is 0 Å². The summed E-state index contributed by atoms with van der Waals surface area (Å²) in [6, 6.07) is 16.2. The Bertz CT molecular complexity index is 705. The van der Waals surface area contributed by atoms with E-state index in [2.05, 4.69) is 26.5 Å². The lowest BCUT2D eigenvalue weighted by Crippen LogP contribution is -2.31. The SMILES string of the molecule is O=C(CN[B]P)C(=O)OCC1c2ccccc2-c2ccccc21. The van der Waals surface area contributed by atoms with Crippen molar-refractivity contribution in [1.82, 2.24) is 5.23 Å². The zero-order valence-electron chi connectivity index (χ0n) is 12.5. The Balaban J connectivity index is 1.76. The largest absolute Gasteiger partial charge is 0.459 e. The molecule has 23 heavy (non-hydrogen) atoms. The second-order valence-electron chi connectivity index (χ2n) is 5.30. The fraction of sp³-hybridized carbons (Fsp3) is 0.176. The molecule has 4 nitrogen and oxygen atoms in total. The first-order chi connectivity index (χ1) is 11.2. The van der Waals surface area contributed by atoms with Crippen LogP contribution in [0.15, 0.2) is 48.5 Å². The van der Waals surface area contributed by atoms with Crippen LogP contribution in [0.5, 0.6) is 0 Å². The van der Waals surface area contributed by atoms with E-state index in [-0.39, 0.29) is 19.1 Å². The molecular formula is C17H16BNO3P. The molecule has 1 unspecified atom stereocenters. The summed E-state index contributed by atoms with van der Waals surface area (Å²) in [4.78, 5) is 23.4. The van der Waals surface area contributed by atoms with Crippen LogP contribution in [-0.2, 0) is 14.3 Å². The summed E-state index contributed by atoms with van der Waals surface area (Å²) >= 11 is 0. The van der Waals surface area contributed by atoms with Crippen molar-refractivity contribution in [2.45, 2.75) is 5.92 Å². The summed E-state index contributed by atoms with van der Waals surface area (Å²) in [6.45, 7) is 0.114.